The Hall–Kier alpha value is -0.0800. The fourth-order valence-electron chi connectivity index (χ4n) is 0.979. The van der Waals surface area contributed by atoms with E-state index >= 15 is 0 Å². The van der Waals surface area contributed by atoms with Crippen molar-refractivity contribution in [2.45, 2.75) is 45.1 Å². The molecule has 0 aliphatic carbocycles. The highest BCUT2D eigenvalue weighted by Crippen LogP contribution is 2.02. The van der Waals surface area contributed by atoms with E-state index in [-0.39, 0.29) is 12.4 Å². The molecule has 1 atom stereocenters. The van der Waals surface area contributed by atoms with Gasteiger partial charge >= 0.3 is 0 Å². The zero-order chi connectivity index (χ0) is 7.82. The smallest absolute Gasteiger partial charge is 0.119 e. The maximum Gasteiger partial charge on any atom is 0.119 e. The van der Waals surface area contributed by atoms with Gasteiger partial charge in [-0.25, -0.2) is 0 Å². The van der Waals surface area contributed by atoms with E-state index in [1.165, 1.54) is 0 Å². The number of hydrogen-bond donors (Lipinski definition) is 1. The van der Waals surface area contributed by atoms with Crippen LogP contribution >= 0.6 is 12.4 Å². The molecular formula is C8H18ClNO. The van der Waals surface area contributed by atoms with E-state index in [1.54, 1.807) is 0 Å². The van der Waals surface area contributed by atoms with Gasteiger partial charge in [-0.2, -0.15) is 0 Å². The molecule has 0 aliphatic heterocycles. The highest BCUT2D eigenvalue weighted by molar-refractivity contribution is 5.85. The number of hydrogen-bond acceptors (Lipinski definition) is 2. The summed E-state index contributed by atoms with van der Waals surface area (Å²) in [6.07, 6.45) is 5.79. The molecule has 2 nitrogen and oxygen atoms in total. The molecule has 0 bridgehead atoms. The molecule has 2 N–H and O–H groups in total. The Morgan fingerprint density at radius 3 is 2.55 bits per heavy atom. The molecule has 3 heteroatoms. The van der Waals surface area contributed by atoms with Gasteiger partial charge in [0.15, 0.2) is 0 Å². The molecule has 0 radical (unpaired) electrons. The lowest BCUT2D eigenvalue weighted by atomic mass is 10.1. The molecule has 0 saturated carbocycles. The van der Waals surface area contributed by atoms with Gasteiger partial charge in [-0.3, -0.25) is 0 Å². The van der Waals surface area contributed by atoms with Gasteiger partial charge in [0, 0.05) is 12.5 Å². The van der Waals surface area contributed by atoms with Crippen LogP contribution in [0.3, 0.4) is 0 Å². The Balaban J connectivity index is 0. The van der Waals surface area contributed by atoms with Crippen molar-refractivity contribution in [3.8, 4) is 0 Å². The second-order valence-electron chi connectivity index (χ2n) is 2.65. The molecule has 0 heterocycles. The van der Waals surface area contributed by atoms with Crippen LogP contribution in [0.15, 0.2) is 0 Å². The summed E-state index contributed by atoms with van der Waals surface area (Å²) < 4.78 is 0. The first-order valence-corrected chi connectivity index (χ1v) is 4.00. The highest BCUT2D eigenvalue weighted by Gasteiger charge is 1.98. The fraction of sp³-hybridized carbons (Fsp3) is 0.875. The number of nitrogens with two attached hydrogens (primary N) is 1. The van der Waals surface area contributed by atoms with Crippen molar-refractivity contribution in [2.24, 2.45) is 5.73 Å². The minimum Gasteiger partial charge on any atom is -0.328 e. The standard InChI is InChI=1S/C8H17NO.ClH/c1-2-5-8(9)6-3-4-7-10;/h7-8H,2-6,9H2,1H3;1H. The number of carbonyl (C=O) groups excluding carboxylic acids is 1. The Morgan fingerprint density at radius 1 is 1.45 bits per heavy atom. The molecule has 11 heavy (non-hydrogen) atoms. The summed E-state index contributed by atoms with van der Waals surface area (Å²) in [5, 5.41) is 0. The quantitative estimate of drug-likeness (QED) is 0.500. The molecule has 0 saturated heterocycles. The van der Waals surface area contributed by atoms with Crippen LogP contribution in [0.25, 0.3) is 0 Å². The van der Waals surface area contributed by atoms with Crippen LogP contribution < -0.4 is 5.73 Å². The van der Waals surface area contributed by atoms with Gasteiger partial charge < -0.3 is 10.5 Å². The predicted molar refractivity (Wildman–Crippen MR) is 50.0 cm³/mol. The van der Waals surface area contributed by atoms with Crippen LogP contribution in [0.1, 0.15) is 39.0 Å². The van der Waals surface area contributed by atoms with Crippen LogP contribution in [0.2, 0.25) is 0 Å². The van der Waals surface area contributed by atoms with E-state index in [0.29, 0.717) is 12.5 Å². The van der Waals surface area contributed by atoms with Crippen LogP contribution in [0, 0.1) is 0 Å². The molecule has 0 spiro atoms. The maximum atomic E-state index is 9.90. The molecule has 0 aromatic heterocycles. The molecule has 0 aromatic rings. The lowest BCUT2D eigenvalue weighted by Gasteiger charge is -2.07. The number of aldehydes is 1. The largest absolute Gasteiger partial charge is 0.328 e. The lowest BCUT2D eigenvalue weighted by Crippen LogP contribution is -2.18. The number of unbranched alkanes of at least 4 members (excludes halogenated alkanes) is 1. The Bertz CT molecular complexity index is 88.2. The van der Waals surface area contributed by atoms with Gasteiger partial charge in [-0.1, -0.05) is 13.3 Å². The second-order valence-corrected chi connectivity index (χ2v) is 2.65. The van der Waals surface area contributed by atoms with Crippen molar-refractivity contribution < 1.29 is 4.79 Å². The molecule has 0 fully saturated rings. The molecular weight excluding hydrogens is 162 g/mol. The number of rotatable bonds is 6. The zero-order valence-electron chi connectivity index (χ0n) is 7.08. The minimum atomic E-state index is 0. The topological polar surface area (TPSA) is 43.1 Å². The van der Waals surface area contributed by atoms with E-state index in [2.05, 4.69) is 6.92 Å². The third-order valence-corrected chi connectivity index (χ3v) is 1.56. The van der Waals surface area contributed by atoms with E-state index in [4.69, 9.17) is 5.73 Å². The lowest BCUT2D eigenvalue weighted by molar-refractivity contribution is -0.107. The average molecular weight is 180 g/mol. The predicted octanol–water partition coefficient (Wildman–Crippen LogP) is 1.90. The summed E-state index contributed by atoms with van der Waals surface area (Å²) in [5.74, 6) is 0. The van der Waals surface area contributed by atoms with Crippen molar-refractivity contribution in [3.63, 3.8) is 0 Å². The van der Waals surface area contributed by atoms with Crippen molar-refractivity contribution >= 4 is 18.7 Å². The first-order valence-electron chi connectivity index (χ1n) is 4.00. The van der Waals surface area contributed by atoms with Crippen LogP contribution in [-0.4, -0.2) is 12.3 Å². The summed E-state index contributed by atoms with van der Waals surface area (Å²) in [7, 11) is 0. The number of carbonyl (C=O) groups is 1. The molecule has 1 unspecified atom stereocenters. The van der Waals surface area contributed by atoms with Gasteiger partial charge in [0.1, 0.15) is 6.29 Å². The second kappa shape index (κ2) is 9.92. The molecule has 0 aromatic carbocycles. The summed E-state index contributed by atoms with van der Waals surface area (Å²) in [6.45, 7) is 2.12. The monoisotopic (exact) mass is 179 g/mol. The third-order valence-electron chi connectivity index (χ3n) is 1.56. The fourth-order valence-corrected chi connectivity index (χ4v) is 0.979. The van der Waals surface area contributed by atoms with Crippen molar-refractivity contribution in [1.29, 1.82) is 0 Å². The van der Waals surface area contributed by atoms with Crippen LogP contribution in [0.4, 0.5) is 0 Å². The molecule has 68 valence electrons. The Morgan fingerprint density at radius 2 is 2.09 bits per heavy atom. The first kappa shape index (κ1) is 13.5. The third kappa shape index (κ3) is 9.92. The highest BCUT2D eigenvalue weighted by atomic mass is 35.5. The summed E-state index contributed by atoms with van der Waals surface area (Å²) in [4.78, 5) is 9.90. The average Bonchev–Trinajstić information content (AvgIpc) is 1.89. The number of halogens is 1. The summed E-state index contributed by atoms with van der Waals surface area (Å²) in [6, 6.07) is 0.310. The summed E-state index contributed by atoms with van der Waals surface area (Å²) >= 11 is 0. The van der Waals surface area contributed by atoms with E-state index in [1.807, 2.05) is 0 Å². The van der Waals surface area contributed by atoms with Crippen molar-refractivity contribution in [2.75, 3.05) is 0 Å². The first-order chi connectivity index (χ1) is 4.81. The van der Waals surface area contributed by atoms with Gasteiger partial charge in [0.2, 0.25) is 0 Å². The molecule has 0 amide bonds. The van der Waals surface area contributed by atoms with Crippen LogP contribution in [-0.2, 0) is 4.79 Å². The van der Waals surface area contributed by atoms with Gasteiger partial charge in [-0.15, -0.1) is 12.4 Å². The molecule has 0 aliphatic rings. The minimum absolute atomic E-state index is 0. The van der Waals surface area contributed by atoms with E-state index in [9.17, 15) is 4.79 Å². The molecule has 0 rings (SSSR count). The van der Waals surface area contributed by atoms with Crippen LogP contribution in [0.5, 0.6) is 0 Å². The maximum absolute atomic E-state index is 9.90. The van der Waals surface area contributed by atoms with E-state index < -0.39 is 0 Å². The van der Waals surface area contributed by atoms with E-state index in [0.717, 1.165) is 32.0 Å². The normalized spacial score (nSPS) is 11.8. The Labute approximate surface area is 74.9 Å². The Kier molecular flexibility index (Phi) is 12.2. The zero-order valence-corrected chi connectivity index (χ0v) is 7.90. The SMILES string of the molecule is CCCC(N)CCCC=O.Cl. The van der Waals surface area contributed by atoms with Gasteiger partial charge in [-0.05, 0) is 19.3 Å². The van der Waals surface area contributed by atoms with Gasteiger partial charge in [0.05, 0.1) is 0 Å². The van der Waals surface area contributed by atoms with Crippen molar-refractivity contribution in [1.82, 2.24) is 0 Å². The summed E-state index contributed by atoms with van der Waals surface area (Å²) in [5.41, 5.74) is 5.71. The van der Waals surface area contributed by atoms with Crippen molar-refractivity contribution in [3.05, 3.63) is 0 Å². The van der Waals surface area contributed by atoms with Gasteiger partial charge in [0.25, 0.3) is 0 Å².